The van der Waals surface area contributed by atoms with Crippen molar-refractivity contribution in [3.63, 3.8) is 0 Å². The fourth-order valence-corrected chi connectivity index (χ4v) is 6.79. The van der Waals surface area contributed by atoms with E-state index in [9.17, 15) is 21.6 Å². The number of carbonyl (C=O) groups is 1. The van der Waals surface area contributed by atoms with Crippen LogP contribution >= 0.6 is 0 Å². The average Bonchev–Trinajstić information content (AvgIpc) is 3.20. The summed E-state index contributed by atoms with van der Waals surface area (Å²) < 4.78 is 61.8. The third-order valence-corrected chi connectivity index (χ3v) is 9.30. The largest absolute Gasteiger partial charge is 0.494 e. The molecule has 0 aliphatic carbocycles. The fraction of sp³-hybridized carbons (Fsp3) is 0.650. The number of esters is 1. The zero-order chi connectivity index (χ0) is 22.6. The van der Waals surface area contributed by atoms with Gasteiger partial charge in [0.2, 0.25) is 10.0 Å². The first-order valence-corrected chi connectivity index (χ1v) is 13.7. The topological polar surface area (TPSA) is 110 Å². The van der Waals surface area contributed by atoms with Gasteiger partial charge in [-0.3, -0.25) is 9.69 Å². The molecular weight excluding hydrogens is 444 g/mol. The highest BCUT2D eigenvalue weighted by atomic mass is 32.2. The van der Waals surface area contributed by atoms with E-state index >= 15 is 0 Å². The van der Waals surface area contributed by atoms with Gasteiger partial charge in [0, 0.05) is 25.7 Å². The van der Waals surface area contributed by atoms with Crippen LogP contribution in [-0.4, -0.2) is 89.0 Å². The van der Waals surface area contributed by atoms with Crippen LogP contribution in [0.25, 0.3) is 0 Å². The number of methoxy groups -OCH3 is 1. The quantitative estimate of drug-likeness (QED) is 0.404. The second-order valence-electron chi connectivity index (χ2n) is 7.86. The van der Waals surface area contributed by atoms with Gasteiger partial charge in [0.15, 0.2) is 9.84 Å². The van der Waals surface area contributed by atoms with Gasteiger partial charge in [0.05, 0.1) is 30.1 Å². The SMILES string of the molecule is CCCCOc1ccc(S(=O)(=O)N2C[C@@H](N3CCS(=O)(=O)CC3)C[C@@H]2C(=O)OC)cc1. The number of sulfone groups is 1. The lowest BCUT2D eigenvalue weighted by atomic mass is 10.1. The van der Waals surface area contributed by atoms with Gasteiger partial charge in [-0.15, -0.1) is 0 Å². The molecule has 3 rings (SSSR count). The van der Waals surface area contributed by atoms with Gasteiger partial charge >= 0.3 is 5.97 Å². The Hall–Kier alpha value is -1.69. The highest BCUT2D eigenvalue weighted by Gasteiger charge is 2.46. The molecule has 0 amide bonds. The summed E-state index contributed by atoms with van der Waals surface area (Å²) in [4.78, 5) is 14.4. The molecule has 2 atom stereocenters. The minimum absolute atomic E-state index is 0.0403. The van der Waals surface area contributed by atoms with Gasteiger partial charge in [0.1, 0.15) is 11.8 Å². The van der Waals surface area contributed by atoms with Crippen molar-refractivity contribution in [3.8, 4) is 5.75 Å². The van der Waals surface area contributed by atoms with Crippen molar-refractivity contribution >= 4 is 25.8 Å². The number of sulfonamides is 1. The highest BCUT2D eigenvalue weighted by molar-refractivity contribution is 7.91. The molecule has 1 aromatic carbocycles. The van der Waals surface area contributed by atoms with E-state index in [-0.39, 0.29) is 35.4 Å². The lowest BCUT2D eigenvalue weighted by Gasteiger charge is -2.31. The van der Waals surface area contributed by atoms with Crippen LogP contribution in [0.1, 0.15) is 26.2 Å². The Kier molecular flexibility index (Phi) is 7.61. The maximum absolute atomic E-state index is 13.3. The maximum atomic E-state index is 13.3. The normalized spacial score (nSPS) is 24.7. The van der Waals surface area contributed by atoms with E-state index in [1.165, 1.54) is 23.5 Å². The number of benzene rings is 1. The Labute approximate surface area is 184 Å². The summed E-state index contributed by atoms with van der Waals surface area (Å²) in [6.45, 7) is 3.39. The minimum atomic E-state index is -3.95. The Morgan fingerprint density at radius 3 is 2.39 bits per heavy atom. The Balaban J connectivity index is 1.78. The van der Waals surface area contributed by atoms with E-state index in [1.807, 2.05) is 4.90 Å². The van der Waals surface area contributed by atoms with E-state index in [1.54, 1.807) is 12.1 Å². The summed E-state index contributed by atoms with van der Waals surface area (Å²) >= 11 is 0. The van der Waals surface area contributed by atoms with Crippen LogP contribution in [0.2, 0.25) is 0 Å². The minimum Gasteiger partial charge on any atom is -0.494 e. The van der Waals surface area contributed by atoms with Crippen molar-refractivity contribution in [2.24, 2.45) is 0 Å². The predicted octanol–water partition coefficient (Wildman–Crippen LogP) is 0.901. The molecule has 11 heteroatoms. The van der Waals surface area contributed by atoms with Crippen LogP contribution in [-0.2, 0) is 29.4 Å². The molecule has 0 unspecified atom stereocenters. The van der Waals surface area contributed by atoms with Crippen molar-refractivity contribution in [1.82, 2.24) is 9.21 Å². The standard InChI is InChI=1S/C20H30N2O7S2/c1-3-4-11-29-17-5-7-18(8-6-17)31(26,27)22-15-16(14-19(22)20(23)28-2)21-9-12-30(24,25)13-10-21/h5-8,16,19H,3-4,9-15H2,1-2H3/t16-,19+/m0/s1. The second-order valence-corrected chi connectivity index (χ2v) is 12.1. The van der Waals surface area contributed by atoms with Gasteiger partial charge in [-0.1, -0.05) is 13.3 Å². The first-order valence-electron chi connectivity index (χ1n) is 10.4. The molecule has 0 spiro atoms. The molecule has 31 heavy (non-hydrogen) atoms. The molecule has 2 fully saturated rings. The van der Waals surface area contributed by atoms with E-state index in [0.717, 1.165) is 12.8 Å². The maximum Gasteiger partial charge on any atom is 0.324 e. The molecule has 2 aliphatic heterocycles. The summed E-state index contributed by atoms with van der Waals surface area (Å²) in [6, 6.07) is 4.99. The van der Waals surface area contributed by atoms with Crippen LogP contribution in [0.5, 0.6) is 5.75 Å². The van der Waals surface area contributed by atoms with Crippen LogP contribution < -0.4 is 4.74 Å². The first kappa shape index (κ1) is 24.0. The summed E-state index contributed by atoms with van der Waals surface area (Å²) in [5.41, 5.74) is 0. The molecule has 2 heterocycles. The second kappa shape index (κ2) is 9.85. The third kappa shape index (κ3) is 5.57. The lowest BCUT2D eigenvalue weighted by Crippen LogP contribution is -2.47. The van der Waals surface area contributed by atoms with Crippen molar-refractivity contribution in [2.45, 2.75) is 43.2 Å². The monoisotopic (exact) mass is 474 g/mol. The van der Waals surface area contributed by atoms with E-state index in [0.29, 0.717) is 25.4 Å². The van der Waals surface area contributed by atoms with Gasteiger partial charge in [0.25, 0.3) is 0 Å². The molecule has 174 valence electrons. The molecule has 1 aromatic rings. The van der Waals surface area contributed by atoms with Gasteiger partial charge in [-0.2, -0.15) is 4.31 Å². The van der Waals surface area contributed by atoms with E-state index in [2.05, 4.69) is 6.92 Å². The molecule has 0 aromatic heterocycles. The zero-order valence-corrected chi connectivity index (χ0v) is 19.5. The van der Waals surface area contributed by atoms with Gasteiger partial charge in [-0.05, 0) is 37.1 Å². The summed E-state index contributed by atoms with van der Waals surface area (Å²) in [6.07, 6.45) is 2.18. The van der Waals surface area contributed by atoms with E-state index in [4.69, 9.17) is 9.47 Å². The zero-order valence-electron chi connectivity index (χ0n) is 17.9. The molecule has 0 N–H and O–H groups in total. The molecule has 0 radical (unpaired) electrons. The van der Waals surface area contributed by atoms with Crippen LogP contribution in [0.3, 0.4) is 0 Å². The van der Waals surface area contributed by atoms with Gasteiger partial charge < -0.3 is 9.47 Å². The summed E-state index contributed by atoms with van der Waals surface area (Å²) in [7, 11) is -5.77. The molecule has 9 nitrogen and oxygen atoms in total. The molecule has 2 aliphatic rings. The highest BCUT2D eigenvalue weighted by Crippen LogP contribution is 2.31. The average molecular weight is 475 g/mol. The Bertz CT molecular complexity index is 963. The summed E-state index contributed by atoms with van der Waals surface area (Å²) in [5, 5.41) is 0. The van der Waals surface area contributed by atoms with Crippen LogP contribution in [0.15, 0.2) is 29.2 Å². The number of unbranched alkanes of at least 4 members (excludes halogenated alkanes) is 1. The molecule has 2 saturated heterocycles. The smallest absolute Gasteiger partial charge is 0.324 e. The summed E-state index contributed by atoms with van der Waals surface area (Å²) in [5.74, 6) is 0.0537. The van der Waals surface area contributed by atoms with Gasteiger partial charge in [-0.25, -0.2) is 16.8 Å². The van der Waals surface area contributed by atoms with Crippen molar-refractivity contribution in [2.75, 3.05) is 44.9 Å². The molecule has 0 saturated carbocycles. The van der Waals surface area contributed by atoms with Crippen LogP contribution in [0, 0.1) is 0 Å². The van der Waals surface area contributed by atoms with Crippen molar-refractivity contribution < 1.29 is 31.1 Å². The van der Waals surface area contributed by atoms with Crippen LogP contribution in [0.4, 0.5) is 0 Å². The Morgan fingerprint density at radius 2 is 1.81 bits per heavy atom. The number of hydrogen-bond donors (Lipinski definition) is 0. The third-order valence-electron chi connectivity index (χ3n) is 5.80. The first-order chi connectivity index (χ1) is 14.7. The van der Waals surface area contributed by atoms with Crippen molar-refractivity contribution in [3.05, 3.63) is 24.3 Å². The number of ether oxygens (including phenoxy) is 2. The molecule has 0 bridgehead atoms. The number of carbonyl (C=O) groups excluding carboxylic acids is 1. The van der Waals surface area contributed by atoms with Crippen molar-refractivity contribution in [1.29, 1.82) is 0 Å². The predicted molar refractivity (Wildman–Crippen MR) is 115 cm³/mol. The number of rotatable bonds is 8. The van der Waals surface area contributed by atoms with E-state index < -0.39 is 31.9 Å². The lowest BCUT2D eigenvalue weighted by molar-refractivity contribution is -0.144. The number of nitrogens with zero attached hydrogens (tertiary/aromatic N) is 2. The molecular formula is C20H30N2O7S2. The fourth-order valence-electron chi connectivity index (χ4n) is 3.93. The Morgan fingerprint density at radius 1 is 1.16 bits per heavy atom. The number of hydrogen-bond acceptors (Lipinski definition) is 8.